The molecule has 24 heavy (non-hydrogen) atoms. The van der Waals surface area contributed by atoms with Crippen LogP contribution < -0.4 is 10.9 Å². The van der Waals surface area contributed by atoms with E-state index in [0.717, 1.165) is 18.4 Å². The number of aromatic amines is 1. The molecule has 2 aromatic rings. The molecule has 2 aliphatic rings. The van der Waals surface area contributed by atoms with Gasteiger partial charge in [0, 0.05) is 19.2 Å². The highest BCUT2D eigenvalue weighted by Gasteiger charge is 2.41. The molecule has 2 N–H and O–H groups in total. The van der Waals surface area contributed by atoms with Gasteiger partial charge in [0.15, 0.2) is 4.77 Å². The first-order valence-electron chi connectivity index (χ1n) is 8.56. The van der Waals surface area contributed by atoms with Crippen LogP contribution in [0.15, 0.2) is 23.0 Å². The van der Waals surface area contributed by atoms with Gasteiger partial charge in [-0.25, -0.2) is 0 Å². The fourth-order valence-electron chi connectivity index (χ4n) is 3.53. The first kappa shape index (κ1) is 15.6. The Labute approximate surface area is 145 Å². The summed E-state index contributed by atoms with van der Waals surface area (Å²) in [4.78, 5) is 27.7. The van der Waals surface area contributed by atoms with E-state index in [1.807, 2.05) is 0 Å². The number of H-pyrrole nitrogens is 1. The van der Waals surface area contributed by atoms with E-state index in [2.05, 4.69) is 10.3 Å². The van der Waals surface area contributed by atoms with Gasteiger partial charge in [0.05, 0.1) is 10.9 Å². The van der Waals surface area contributed by atoms with Crippen molar-refractivity contribution < 1.29 is 4.79 Å². The van der Waals surface area contributed by atoms with E-state index >= 15 is 0 Å². The summed E-state index contributed by atoms with van der Waals surface area (Å²) in [6.45, 7) is 0.763. The quantitative estimate of drug-likeness (QED) is 0.821. The highest BCUT2D eigenvalue weighted by atomic mass is 32.1. The van der Waals surface area contributed by atoms with Crippen LogP contribution in [0.1, 0.15) is 36.0 Å². The van der Waals surface area contributed by atoms with Crippen molar-refractivity contribution in [3.8, 4) is 0 Å². The van der Waals surface area contributed by atoms with Crippen molar-refractivity contribution in [1.82, 2.24) is 14.9 Å². The molecule has 2 fully saturated rings. The first-order valence-corrected chi connectivity index (χ1v) is 8.96. The van der Waals surface area contributed by atoms with Crippen LogP contribution >= 0.6 is 12.2 Å². The van der Waals surface area contributed by atoms with Crippen LogP contribution in [0.25, 0.3) is 10.9 Å². The van der Waals surface area contributed by atoms with E-state index in [-0.39, 0.29) is 11.5 Å². The normalized spacial score (nSPS) is 17.4. The molecular weight excluding hydrogens is 322 g/mol. The highest BCUT2D eigenvalue weighted by Crippen LogP contribution is 2.48. The zero-order chi connectivity index (χ0) is 16.8. The Morgan fingerprint density at radius 1 is 1.33 bits per heavy atom. The van der Waals surface area contributed by atoms with Gasteiger partial charge in [-0.2, -0.15) is 0 Å². The molecule has 0 aliphatic heterocycles. The van der Waals surface area contributed by atoms with E-state index in [4.69, 9.17) is 12.2 Å². The van der Waals surface area contributed by atoms with E-state index in [9.17, 15) is 9.59 Å². The van der Waals surface area contributed by atoms with Crippen LogP contribution in [-0.4, -0.2) is 22.0 Å². The van der Waals surface area contributed by atoms with Gasteiger partial charge in [-0.1, -0.05) is 0 Å². The summed E-state index contributed by atoms with van der Waals surface area (Å²) in [5.74, 6) is 2.19. The monoisotopic (exact) mass is 343 g/mol. The lowest BCUT2D eigenvalue weighted by Gasteiger charge is -2.16. The van der Waals surface area contributed by atoms with Crippen LogP contribution in [0.4, 0.5) is 0 Å². The maximum Gasteiger partial charge on any atom is 0.261 e. The zero-order valence-corrected chi connectivity index (χ0v) is 14.5. The average molecular weight is 343 g/mol. The number of fused-ring (bicyclic) bond motifs is 1. The number of aromatic nitrogens is 2. The first-order chi connectivity index (χ1) is 11.5. The van der Waals surface area contributed by atoms with Gasteiger partial charge in [-0.15, -0.1) is 0 Å². The Hall–Kier alpha value is -1.95. The molecule has 5 nitrogen and oxygen atoms in total. The molecule has 1 aromatic heterocycles. The largest absolute Gasteiger partial charge is 0.352 e. The van der Waals surface area contributed by atoms with Gasteiger partial charge in [-0.3, -0.25) is 14.2 Å². The molecule has 0 unspecified atom stereocenters. The maximum atomic E-state index is 12.5. The van der Waals surface area contributed by atoms with Crippen molar-refractivity contribution in [2.75, 3.05) is 6.54 Å². The molecule has 1 amide bonds. The van der Waals surface area contributed by atoms with E-state index in [0.29, 0.717) is 27.2 Å². The van der Waals surface area contributed by atoms with Crippen molar-refractivity contribution in [2.24, 2.45) is 24.8 Å². The number of amides is 1. The van der Waals surface area contributed by atoms with Gasteiger partial charge < -0.3 is 10.3 Å². The lowest BCUT2D eigenvalue weighted by atomic mass is 9.98. The number of hydrogen-bond acceptors (Lipinski definition) is 3. The van der Waals surface area contributed by atoms with E-state index < -0.39 is 0 Å². The minimum atomic E-state index is -0.150. The fraction of sp³-hybridized carbons (Fsp3) is 0.500. The maximum absolute atomic E-state index is 12.5. The number of carbonyl (C=O) groups is 1. The third-order valence-electron chi connectivity index (χ3n) is 5.32. The standard InChI is InChI=1S/C18H21N3O2S/c1-21-17(23)13-7-6-12(8-15(13)20-18(21)24)16(22)19-9-14(10-2-3-10)11-4-5-11/h6-8,10-11,14H,2-5,9H2,1H3,(H,19,22)(H,20,24). The van der Waals surface area contributed by atoms with Crippen LogP contribution in [0.5, 0.6) is 0 Å². The molecule has 0 bridgehead atoms. The summed E-state index contributed by atoms with van der Waals surface area (Å²) in [6.07, 6.45) is 5.25. The summed E-state index contributed by atoms with van der Waals surface area (Å²) in [7, 11) is 1.64. The molecule has 0 spiro atoms. The lowest BCUT2D eigenvalue weighted by Crippen LogP contribution is -2.31. The predicted octanol–water partition coefficient (Wildman–Crippen LogP) is 2.76. The van der Waals surface area contributed by atoms with Gasteiger partial charge in [0.25, 0.3) is 11.5 Å². The van der Waals surface area contributed by atoms with Gasteiger partial charge >= 0.3 is 0 Å². The second-order valence-corrected chi connectivity index (χ2v) is 7.49. The number of benzene rings is 1. The summed E-state index contributed by atoms with van der Waals surface area (Å²) in [5.41, 5.74) is 1.02. The molecule has 2 saturated carbocycles. The molecule has 1 heterocycles. The van der Waals surface area contributed by atoms with Crippen molar-refractivity contribution in [1.29, 1.82) is 0 Å². The van der Waals surface area contributed by atoms with Crippen molar-refractivity contribution in [3.63, 3.8) is 0 Å². The Balaban J connectivity index is 1.54. The Morgan fingerprint density at radius 3 is 2.62 bits per heavy atom. The molecule has 1 aromatic carbocycles. The lowest BCUT2D eigenvalue weighted by molar-refractivity contribution is 0.0943. The topological polar surface area (TPSA) is 66.9 Å². The fourth-order valence-corrected chi connectivity index (χ4v) is 3.72. The summed E-state index contributed by atoms with van der Waals surface area (Å²) in [6, 6.07) is 5.11. The number of carbonyl (C=O) groups excluding carboxylic acids is 1. The number of hydrogen-bond donors (Lipinski definition) is 2. The van der Waals surface area contributed by atoms with Gasteiger partial charge in [0.1, 0.15) is 0 Å². The third-order valence-corrected chi connectivity index (χ3v) is 5.69. The van der Waals surface area contributed by atoms with E-state index in [1.165, 1.54) is 30.3 Å². The molecular formula is C18H21N3O2S. The Kier molecular flexibility index (Phi) is 3.79. The van der Waals surface area contributed by atoms with Crippen LogP contribution in [0.2, 0.25) is 0 Å². The van der Waals surface area contributed by atoms with Crippen LogP contribution in [-0.2, 0) is 7.05 Å². The summed E-state index contributed by atoms with van der Waals surface area (Å²) in [5, 5.41) is 3.62. The molecule has 126 valence electrons. The van der Waals surface area contributed by atoms with Crippen LogP contribution in [0.3, 0.4) is 0 Å². The minimum absolute atomic E-state index is 0.0804. The molecule has 0 atom stereocenters. The number of nitrogens with zero attached hydrogens (tertiary/aromatic N) is 1. The molecule has 0 saturated heterocycles. The number of nitrogens with one attached hydrogen (secondary N) is 2. The van der Waals surface area contributed by atoms with E-state index in [1.54, 1.807) is 25.2 Å². The molecule has 2 aliphatic carbocycles. The predicted molar refractivity (Wildman–Crippen MR) is 95.6 cm³/mol. The van der Waals surface area contributed by atoms with Crippen molar-refractivity contribution in [2.45, 2.75) is 25.7 Å². The Bertz CT molecular complexity index is 910. The molecule has 0 radical (unpaired) electrons. The van der Waals surface area contributed by atoms with Crippen molar-refractivity contribution >= 4 is 29.0 Å². The Morgan fingerprint density at radius 2 is 2.00 bits per heavy atom. The third kappa shape index (κ3) is 2.90. The second kappa shape index (κ2) is 5.84. The zero-order valence-electron chi connectivity index (χ0n) is 13.7. The molecule has 6 heteroatoms. The number of rotatable bonds is 5. The smallest absolute Gasteiger partial charge is 0.261 e. The SMILES string of the molecule is Cn1c(=S)[nH]c2cc(C(=O)NCC(C3CC3)C3CC3)ccc2c1=O. The van der Waals surface area contributed by atoms with Crippen molar-refractivity contribution in [3.05, 3.63) is 38.9 Å². The summed E-state index contributed by atoms with van der Waals surface area (Å²) >= 11 is 5.14. The molecule has 4 rings (SSSR count). The highest BCUT2D eigenvalue weighted by molar-refractivity contribution is 7.71. The average Bonchev–Trinajstić information content (AvgIpc) is 3.45. The minimum Gasteiger partial charge on any atom is -0.352 e. The summed E-state index contributed by atoms with van der Waals surface area (Å²) < 4.78 is 1.75. The second-order valence-electron chi connectivity index (χ2n) is 7.10. The van der Waals surface area contributed by atoms with Crippen LogP contribution in [0, 0.1) is 22.5 Å². The van der Waals surface area contributed by atoms with Gasteiger partial charge in [0.2, 0.25) is 0 Å². The van der Waals surface area contributed by atoms with Gasteiger partial charge in [-0.05, 0) is 73.9 Å².